The Morgan fingerprint density at radius 3 is 2.53 bits per heavy atom. The van der Waals surface area contributed by atoms with Gasteiger partial charge >= 0.3 is 0 Å². The van der Waals surface area contributed by atoms with Crippen LogP contribution < -0.4 is 10.5 Å². The second-order valence-electron chi connectivity index (χ2n) is 4.09. The van der Waals surface area contributed by atoms with Crippen LogP contribution in [0.4, 0.5) is 10.1 Å². The number of hydrogen-bond acceptors (Lipinski definition) is 3. The molecule has 0 aliphatic heterocycles. The lowest BCUT2D eigenvalue weighted by Crippen LogP contribution is -1.94. The lowest BCUT2D eigenvalue weighted by Gasteiger charge is -2.10. The summed E-state index contributed by atoms with van der Waals surface area (Å²) in [6, 6.07) is 13.8. The van der Waals surface area contributed by atoms with Crippen LogP contribution in [-0.4, -0.2) is 4.98 Å². The minimum absolute atomic E-state index is 0.0441. The van der Waals surface area contributed by atoms with Gasteiger partial charge in [-0.1, -0.05) is 24.3 Å². The summed E-state index contributed by atoms with van der Waals surface area (Å²) in [6.45, 7) is 0. The number of aromatic nitrogens is 1. The van der Waals surface area contributed by atoms with Gasteiger partial charge in [0.1, 0.15) is 5.75 Å². The van der Waals surface area contributed by atoms with Crippen LogP contribution in [0.2, 0.25) is 0 Å². The molecule has 4 heteroatoms. The SMILES string of the molecule is Nc1ccc(Oc2ncccc2F)c2ccccc12. The minimum atomic E-state index is -0.497. The third-order valence-electron chi connectivity index (χ3n) is 2.85. The molecule has 0 amide bonds. The Morgan fingerprint density at radius 2 is 1.74 bits per heavy atom. The molecule has 0 spiro atoms. The van der Waals surface area contributed by atoms with Crippen molar-refractivity contribution in [2.24, 2.45) is 0 Å². The van der Waals surface area contributed by atoms with Crippen molar-refractivity contribution < 1.29 is 9.13 Å². The third-order valence-corrected chi connectivity index (χ3v) is 2.85. The first kappa shape index (κ1) is 11.5. The first-order valence-corrected chi connectivity index (χ1v) is 5.81. The number of hydrogen-bond donors (Lipinski definition) is 1. The molecule has 0 aliphatic carbocycles. The molecule has 0 saturated heterocycles. The van der Waals surface area contributed by atoms with E-state index in [1.54, 1.807) is 12.1 Å². The standard InChI is InChI=1S/C15H11FN2O/c16-12-6-3-9-18-15(12)19-14-8-7-13(17)10-4-1-2-5-11(10)14/h1-9H,17H2. The number of nitrogen functional groups attached to an aromatic ring is 1. The Hall–Kier alpha value is -2.62. The minimum Gasteiger partial charge on any atom is -0.436 e. The number of anilines is 1. The van der Waals surface area contributed by atoms with Crippen LogP contribution in [0.15, 0.2) is 54.7 Å². The third kappa shape index (κ3) is 2.08. The lowest BCUT2D eigenvalue weighted by molar-refractivity contribution is 0.427. The topological polar surface area (TPSA) is 48.1 Å². The van der Waals surface area contributed by atoms with Crippen LogP contribution in [0.3, 0.4) is 0 Å². The average Bonchev–Trinajstić information content (AvgIpc) is 2.44. The molecule has 0 bridgehead atoms. The molecule has 0 fully saturated rings. The number of nitrogens with zero attached hydrogens (tertiary/aromatic N) is 1. The molecule has 3 aromatic rings. The Balaban J connectivity index is 2.12. The van der Waals surface area contributed by atoms with Crippen molar-refractivity contribution in [1.29, 1.82) is 0 Å². The molecule has 1 aromatic heterocycles. The van der Waals surface area contributed by atoms with Crippen molar-refractivity contribution in [3.05, 3.63) is 60.5 Å². The fourth-order valence-electron chi connectivity index (χ4n) is 1.93. The van der Waals surface area contributed by atoms with Crippen molar-refractivity contribution in [3.8, 4) is 11.6 Å². The summed E-state index contributed by atoms with van der Waals surface area (Å²) in [4.78, 5) is 3.87. The number of nitrogens with two attached hydrogens (primary N) is 1. The molecule has 1 heterocycles. The summed E-state index contributed by atoms with van der Waals surface area (Å²) in [5.74, 6) is -0.0109. The maximum atomic E-state index is 13.5. The molecule has 0 saturated carbocycles. The van der Waals surface area contributed by atoms with E-state index in [-0.39, 0.29) is 5.88 Å². The maximum absolute atomic E-state index is 13.5. The van der Waals surface area contributed by atoms with Gasteiger partial charge in [0.15, 0.2) is 5.82 Å². The highest BCUT2D eigenvalue weighted by Crippen LogP contribution is 2.32. The van der Waals surface area contributed by atoms with Crippen LogP contribution in [0, 0.1) is 5.82 Å². The zero-order valence-electron chi connectivity index (χ0n) is 10.0. The first-order valence-electron chi connectivity index (χ1n) is 5.81. The predicted octanol–water partition coefficient (Wildman–Crippen LogP) is 3.75. The number of fused-ring (bicyclic) bond motifs is 1. The van der Waals surface area contributed by atoms with Crippen molar-refractivity contribution >= 4 is 16.5 Å². The number of pyridine rings is 1. The van der Waals surface area contributed by atoms with Gasteiger partial charge in [-0.15, -0.1) is 0 Å². The predicted molar refractivity (Wildman–Crippen MR) is 72.6 cm³/mol. The van der Waals surface area contributed by atoms with Gasteiger partial charge in [0, 0.05) is 22.7 Å². The largest absolute Gasteiger partial charge is 0.436 e. The highest BCUT2D eigenvalue weighted by atomic mass is 19.1. The van der Waals surface area contributed by atoms with Gasteiger partial charge in [-0.2, -0.15) is 0 Å². The highest BCUT2D eigenvalue weighted by molar-refractivity contribution is 5.97. The van der Waals surface area contributed by atoms with E-state index in [1.807, 2.05) is 24.3 Å². The number of halogens is 1. The molecule has 2 aromatic carbocycles. The van der Waals surface area contributed by atoms with E-state index in [2.05, 4.69) is 4.98 Å². The average molecular weight is 254 g/mol. The van der Waals surface area contributed by atoms with Gasteiger partial charge in [0.25, 0.3) is 5.88 Å². The Labute approximate surface area is 109 Å². The van der Waals surface area contributed by atoms with Gasteiger partial charge in [-0.3, -0.25) is 0 Å². The second kappa shape index (κ2) is 4.57. The van der Waals surface area contributed by atoms with E-state index in [4.69, 9.17) is 10.5 Å². The van der Waals surface area contributed by atoms with Crippen LogP contribution >= 0.6 is 0 Å². The molecular weight excluding hydrogens is 243 g/mol. The Kier molecular flexibility index (Phi) is 2.76. The van der Waals surface area contributed by atoms with E-state index >= 15 is 0 Å². The molecule has 0 atom stereocenters. The molecule has 94 valence electrons. The van der Waals surface area contributed by atoms with Crippen LogP contribution in [0.1, 0.15) is 0 Å². The van der Waals surface area contributed by atoms with Crippen molar-refractivity contribution in [2.75, 3.05) is 5.73 Å². The van der Waals surface area contributed by atoms with Crippen LogP contribution in [0.5, 0.6) is 11.6 Å². The number of rotatable bonds is 2. The quantitative estimate of drug-likeness (QED) is 0.708. The molecule has 0 aliphatic rings. The molecule has 0 unspecified atom stereocenters. The van der Waals surface area contributed by atoms with Crippen molar-refractivity contribution in [2.45, 2.75) is 0 Å². The van der Waals surface area contributed by atoms with Gasteiger partial charge in [0.2, 0.25) is 0 Å². The van der Waals surface area contributed by atoms with E-state index < -0.39 is 5.82 Å². The Bertz CT molecular complexity index is 743. The zero-order valence-corrected chi connectivity index (χ0v) is 10.0. The summed E-state index contributed by atoms with van der Waals surface area (Å²) < 4.78 is 19.1. The normalized spacial score (nSPS) is 10.6. The number of ether oxygens (including phenoxy) is 1. The smallest absolute Gasteiger partial charge is 0.255 e. The molecule has 3 nitrogen and oxygen atoms in total. The summed E-state index contributed by atoms with van der Waals surface area (Å²) >= 11 is 0. The number of benzene rings is 2. The maximum Gasteiger partial charge on any atom is 0.255 e. The van der Waals surface area contributed by atoms with Gasteiger partial charge < -0.3 is 10.5 Å². The van der Waals surface area contributed by atoms with E-state index in [1.165, 1.54) is 18.3 Å². The van der Waals surface area contributed by atoms with Crippen molar-refractivity contribution in [3.63, 3.8) is 0 Å². The lowest BCUT2D eigenvalue weighted by atomic mass is 10.1. The zero-order chi connectivity index (χ0) is 13.2. The van der Waals surface area contributed by atoms with Gasteiger partial charge in [0.05, 0.1) is 0 Å². The summed E-state index contributed by atoms with van der Waals surface area (Å²) in [5.41, 5.74) is 6.56. The molecule has 0 radical (unpaired) electrons. The van der Waals surface area contributed by atoms with E-state index in [0.29, 0.717) is 11.4 Å². The molecule has 3 rings (SSSR count). The molecule has 19 heavy (non-hydrogen) atoms. The second-order valence-corrected chi connectivity index (χ2v) is 4.09. The van der Waals surface area contributed by atoms with Gasteiger partial charge in [-0.25, -0.2) is 9.37 Å². The summed E-state index contributed by atoms with van der Waals surface area (Å²) in [7, 11) is 0. The first-order chi connectivity index (χ1) is 9.25. The van der Waals surface area contributed by atoms with E-state index in [0.717, 1.165) is 10.8 Å². The summed E-state index contributed by atoms with van der Waals surface area (Å²) in [5, 5.41) is 1.70. The highest BCUT2D eigenvalue weighted by Gasteiger charge is 2.09. The molecular formula is C15H11FN2O. The fraction of sp³-hybridized carbons (Fsp3) is 0. The van der Waals surface area contributed by atoms with E-state index in [9.17, 15) is 4.39 Å². The van der Waals surface area contributed by atoms with Gasteiger partial charge in [-0.05, 0) is 24.3 Å². The Morgan fingerprint density at radius 1 is 0.947 bits per heavy atom. The summed E-state index contributed by atoms with van der Waals surface area (Å²) in [6.07, 6.45) is 1.48. The van der Waals surface area contributed by atoms with Crippen LogP contribution in [0.25, 0.3) is 10.8 Å². The monoisotopic (exact) mass is 254 g/mol. The van der Waals surface area contributed by atoms with Crippen molar-refractivity contribution in [1.82, 2.24) is 4.98 Å². The van der Waals surface area contributed by atoms with Crippen LogP contribution in [-0.2, 0) is 0 Å². The fourth-order valence-corrected chi connectivity index (χ4v) is 1.93. The molecule has 2 N–H and O–H groups in total.